The predicted molar refractivity (Wildman–Crippen MR) is 82.8 cm³/mol. The van der Waals surface area contributed by atoms with Crippen LogP contribution in [-0.4, -0.2) is 16.6 Å². The molecule has 0 saturated heterocycles. The Bertz CT molecular complexity index is 728. The van der Waals surface area contributed by atoms with Gasteiger partial charge in [-0.2, -0.15) is 0 Å². The largest absolute Gasteiger partial charge is 0.341 e. The third-order valence-electron chi connectivity index (χ3n) is 3.50. The average molecular weight is 265 g/mol. The van der Waals surface area contributed by atoms with E-state index in [1.54, 1.807) is 0 Å². The number of aryl methyl sites for hydroxylation is 1. The lowest BCUT2D eigenvalue weighted by atomic mass is 10.1. The van der Waals surface area contributed by atoms with E-state index < -0.39 is 0 Å². The second-order valence-electron chi connectivity index (χ2n) is 5.14. The lowest BCUT2D eigenvalue weighted by Crippen LogP contribution is -2.05. The Labute approximate surface area is 119 Å². The summed E-state index contributed by atoms with van der Waals surface area (Å²) in [6, 6.07) is 14.9. The van der Waals surface area contributed by atoms with Crippen LogP contribution in [0.4, 0.5) is 0 Å². The van der Waals surface area contributed by atoms with E-state index >= 15 is 0 Å². The maximum atomic E-state index is 4.58. The van der Waals surface area contributed by atoms with Crippen molar-refractivity contribution < 1.29 is 0 Å². The van der Waals surface area contributed by atoms with E-state index in [-0.39, 0.29) is 0 Å². The van der Waals surface area contributed by atoms with Crippen molar-refractivity contribution in [2.24, 2.45) is 0 Å². The summed E-state index contributed by atoms with van der Waals surface area (Å²) in [5.74, 6) is 0. The van der Waals surface area contributed by atoms with Gasteiger partial charge >= 0.3 is 0 Å². The van der Waals surface area contributed by atoms with E-state index in [0.717, 1.165) is 24.5 Å². The van der Waals surface area contributed by atoms with Gasteiger partial charge in [-0.3, -0.25) is 4.98 Å². The molecule has 0 amide bonds. The van der Waals surface area contributed by atoms with Gasteiger partial charge in [-0.1, -0.05) is 18.2 Å². The highest BCUT2D eigenvalue weighted by molar-refractivity contribution is 5.80. The Hall–Kier alpha value is -2.13. The first-order valence-electron chi connectivity index (χ1n) is 6.91. The molecule has 0 fully saturated rings. The van der Waals surface area contributed by atoms with E-state index in [0.29, 0.717) is 0 Å². The van der Waals surface area contributed by atoms with Gasteiger partial charge < -0.3 is 9.88 Å². The fourth-order valence-electron chi connectivity index (χ4n) is 2.54. The Kier molecular flexibility index (Phi) is 3.52. The van der Waals surface area contributed by atoms with Crippen LogP contribution in [0.3, 0.4) is 0 Å². The molecular formula is C17H19N3. The van der Waals surface area contributed by atoms with Crippen LogP contribution < -0.4 is 5.32 Å². The number of nitrogens with zero attached hydrogens (tertiary/aromatic N) is 2. The third kappa shape index (κ3) is 2.58. The molecule has 1 aromatic carbocycles. The molecule has 0 unspecified atom stereocenters. The molecule has 3 heteroatoms. The minimum absolute atomic E-state index is 0.814. The van der Waals surface area contributed by atoms with Gasteiger partial charge in [-0.05, 0) is 49.2 Å². The monoisotopic (exact) mass is 265 g/mol. The first-order chi connectivity index (χ1) is 9.76. The highest BCUT2D eigenvalue weighted by atomic mass is 15.0. The summed E-state index contributed by atoms with van der Waals surface area (Å²) in [4.78, 5) is 4.58. The summed E-state index contributed by atoms with van der Waals surface area (Å²) >= 11 is 0. The van der Waals surface area contributed by atoms with Crippen LogP contribution in [0.15, 0.2) is 48.7 Å². The van der Waals surface area contributed by atoms with Crippen LogP contribution in [-0.2, 0) is 13.1 Å². The topological polar surface area (TPSA) is 29.9 Å². The van der Waals surface area contributed by atoms with Crippen LogP contribution in [0.1, 0.15) is 17.0 Å². The molecule has 0 spiro atoms. The van der Waals surface area contributed by atoms with Crippen LogP contribution in [0.5, 0.6) is 0 Å². The van der Waals surface area contributed by atoms with Crippen molar-refractivity contribution >= 4 is 10.9 Å². The molecule has 2 heterocycles. The zero-order valence-corrected chi connectivity index (χ0v) is 11.9. The van der Waals surface area contributed by atoms with Gasteiger partial charge in [0.25, 0.3) is 0 Å². The lowest BCUT2D eigenvalue weighted by Gasteiger charge is -2.07. The zero-order chi connectivity index (χ0) is 13.9. The Morgan fingerprint density at radius 3 is 2.85 bits per heavy atom. The second kappa shape index (κ2) is 5.47. The van der Waals surface area contributed by atoms with E-state index in [1.807, 2.05) is 20.0 Å². The average Bonchev–Trinajstić information content (AvgIpc) is 2.82. The summed E-state index contributed by atoms with van der Waals surface area (Å²) in [6.45, 7) is 3.74. The second-order valence-corrected chi connectivity index (χ2v) is 5.14. The van der Waals surface area contributed by atoms with Gasteiger partial charge in [0.2, 0.25) is 0 Å². The number of fused-ring (bicyclic) bond motifs is 1. The van der Waals surface area contributed by atoms with E-state index in [1.165, 1.54) is 16.5 Å². The maximum Gasteiger partial charge on any atom is 0.0648 e. The molecule has 0 atom stereocenters. The molecular weight excluding hydrogens is 246 g/mol. The predicted octanol–water partition coefficient (Wildman–Crippen LogP) is 3.11. The summed E-state index contributed by atoms with van der Waals surface area (Å²) < 4.78 is 2.26. The third-order valence-corrected chi connectivity index (χ3v) is 3.50. The van der Waals surface area contributed by atoms with Crippen molar-refractivity contribution in [3.63, 3.8) is 0 Å². The summed E-state index contributed by atoms with van der Waals surface area (Å²) in [5, 5.41) is 4.47. The fourth-order valence-corrected chi connectivity index (χ4v) is 2.54. The quantitative estimate of drug-likeness (QED) is 0.785. The highest BCUT2D eigenvalue weighted by Crippen LogP contribution is 2.19. The zero-order valence-electron chi connectivity index (χ0n) is 11.9. The summed E-state index contributed by atoms with van der Waals surface area (Å²) in [6.07, 6.45) is 2.14. The van der Waals surface area contributed by atoms with Gasteiger partial charge in [0.15, 0.2) is 0 Å². The standard InChI is InChI=1S/C17H19N3/c1-13-4-3-5-16(19-13)12-20-9-8-15-7-6-14(11-18-2)10-17(15)20/h3-10,18H,11-12H2,1-2H3. The molecule has 3 aromatic rings. The van der Waals surface area contributed by atoms with Gasteiger partial charge in [-0.25, -0.2) is 0 Å². The van der Waals surface area contributed by atoms with Crippen molar-refractivity contribution in [1.29, 1.82) is 0 Å². The van der Waals surface area contributed by atoms with Crippen molar-refractivity contribution in [2.45, 2.75) is 20.0 Å². The van der Waals surface area contributed by atoms with Crippen molar-refractivity contribution in [2.75, 3.05) is 7.05 Å². The SMILES string of the molecule is CNCc1ccc2ccn(Cc3cccc(C)n3)c2c1. The number of rotatable bonds is 4. The number of benzene rings is 1. The van der Waals surface area contributed by atoms with E-state index in [4.69, 9.17) is 0 Å². The minimum atomic E-state index is 0.814. The Balaban J connectivity index is 1.96. The highest BCUT2D eigenvalue weighted by Gasteiger charge is 2.04. The molecule has 0 aliphatic heterocycles. The first-order valence-corrected chi connectivity index (χ1v) is 6.91. The Morgan fingerprint density at radius 1 is 1.15 bits per heavy atom. The number of hydrogen-bond donors (Lipinski definition) is 1. The van der Waals surface area contributed by atoms with Crippen molar-refractivity contribution in [3.05, 3.63) is 65.6 Å². The van der Waals surface area contributed by atoms with Gasteiger partial charge in [0.05, 0.1) is 12.2 Å². The van der Waals surface area contributed by atoms with E-state index in [9.17, 15) is 0 Å². The van der Waals surface area contributed by atoms with Crippen molar-refractivity contribution in [1.82, 2.24) is 14.9 Å². The van der Waals surface area contributed by atoms with Crippen LogP contribution in [0.25, 0.3) is 10.9 Å². The number of aromatic nitrogens is 2. The molecule has 0 aliphatic carbocycles. The lowest BCUT2D eigenvalue weighted by molar-refractivity contribution is 0.796. The van der Waals surface area contributed by atoms with Gasteiger partial charge in [-0.15, -0.1) is 0 Å². The van der Waals surface area contributed by atoms with Gasteiger partial charge in [0.1, 0.15) is 0 Å². The van der Waals surface area contributed by atoms with Crippen LogP contribution in [0, 0.1) is 6.92 Å². The Morgan fingerprint density at radius 2 is 2.05 bits per heavy atom. The normalized spacial score (nSPS) is 11.1. The maximum absolute atomic E-state index is 4.58. The molecule has 102 valence electrons. The smallest absolute Gasteiger partial charge is 0.0648 e. The molecule has 20 heavy (non-hydrogen) atoms. The minimum Gasteiger partial charge on any atom is -0.341 e. The first kappa shape index (κ1) is 12.9. The molecule has 0 aliphatic rings. The van der Waals surface area contributed by atoms with Crippen LogP contribution in [0.2, 0.25) is 0 Å². The fraction of sp³-hybridized carbons (Fsp3) is 0.235. The molecule has 2 aromatic heterocycles. The molecule has 1 N–H and O–H groups in total. The molecule has 3 rings (SSSR count). The summed E-state index contributed by atoms with van der Waals surface area (Å²) in [7, 11) is 1.97. The summed E-state index contributed by atoms with van der Waals surface area (Å²) in [5.41, 5.74) is 4.73. The molecule has 0 saturated carbocycles. The van der Waals surface area contributed by atoms with E-state index in [2.05, 4.69) is 57.5 Å². The number of nitrogens with one attached hydrogen (secondary N) is 1. The number of hydrogen-bond acceptors (Lipinski definition) is 2. The van der Waals surface area contributed by atoms with Crippen molar-refractivity contribution in [3.8, 4) is 0 Å². The molecule has 0 bridgehead atoms. The molecule has 0 radical (unpaired) electrons. The number of pyridine rings is 1. The molecule has 3 nitrogen and oxygen atoms in total. The van der Waals surface area contributed by atoms with Gasteiger partial charge in [0, 0.05) is 24.0 Å². The van der Waals surface area contributed by atoms with Crippen LogP contribution >= 0.6 is 0 Å².